The molecule has 2 aliphatic rings. The van der Waals surface area contributed by atoms with Gasteiger partial charge in [-0.3, -0.25) is 9.69 Å². The minimum Gasteiger partial charge on any atom is -0.493 e. The Morgan fingerprint density at radius 2 is 1.82 bits per heavy atom. The molecular formula is C31H37N3O5. The molecule has 0 spiro atoms. The highest BCUT2D eigenvalue weighted by atomic mass is 16.5. The van der Waals surface area contributed by atoms with Gasteiger partial charge in [0.25, 0.3) is 0 Å². The first-order valence-electron chi connectivity index (χ1n) is 13.6. The summed E-state index contributed by atoms with van der Waals surface area (Å²) in [6.07, 6.45) is 0.0715. The van der Waals surface area contributed by atoms with Gasteiger partial charge in [-0.1, -0.05) is 18.2 Å². The summed E-state index contributed by atoms with van der Waals surface area (Å²) in [7, 11) is 2.17. The number of aliphatic carboxylic acids is 1. The first-order valence-corrected chi connectivity index (χ1v) is 13.6. The van der Waals surface area contributed by atoms with E-state index >= 15 is 0 Å². The Morgan fingerprint density at radius 1 is 1.05 bits per heavy atom. The van der Waals surface area contributed by atoms with Crippen LogP contribution in [0.15, 0.2) is 48.5 Å². The fourth-order valence-corrected chi connectivity index (χ4v) is 5.36. The van der Waals surface area contributed by atoms with Gasteiger partial charge in [0.15, 0.2) is 0 Å². The van der Waals surface area contributed by atoms with Crippen molar-refractivity contribution in [2.24, 2.45) is 0 Å². The summed E-state index contributed by atoms with van der Waals surface area (Å²) >= 11 is 0. The Hall–Kier alpha value is -3.62. The minimum atomic E-state index is -0.816. The number of carboxylic acids is 1. The van der Waals surface area contributed by atoms with E-state index in [0.717, 1.165) is 77.7 Å². The lowest BCUT2D eigenvalue weighted by molar-refractivity contribution is -0.137. The van der Waals surface area contributed by atoms with Gasteiger partial charge in [-0.2, -0.15) is 0 Å². The van der Waals surface area contributed by atoms with Gasteiger partial charge in [0, 0.05) is 55.8 Å². The van der Waals surface area contributed by atoms with E-state index < -0.39 is 5.97 Å². The van der Waals surface area contributed by atoms with Gasteiger partial charge in [-0.25, -0.2) is 4.98 Å². The van der Waals surface area contributed by atoms with E-state index in [-0.39, 0.29) is 12.3 Å². The lowest BCUT2D eigenvalue weighted by Crippen LogP contribution is -2.45. The van der Waals surface area contributed by atoms with Gasteiger partial charge < -0.3 is 24.2 Å². The van der Waals surface area contributed by atoms with Crippen LogP contribution >= 0.6 is 0 Å². The van der Waals surface area contributed by atoms with Crippen LogP contribution in [0.3, 0.4) is 0 Å². The minimum absolute atomic E-state index is 0.0715. The highest BCUT2D eigenvalue weighted by molar-refractivity contribution is 5.69. The molecule has 0 aliphatic carbocycles. The molecule has 1 atom stereocenters. The predicted octanol–water partition coefficient (Wildman–Crippen LogP) is 4.52. The van der Waals surface area contributed by atoms with Crippen molar-refractivity contribution in [3.8, 4) is 28.6 Å². The zero-order chi connectivity index (χ0) is 27.4. The highest BCUT2D eigenvalue weighted by Crippen LogP contribution is 2.37. The number of carboxylic acid groups (broad SMARTS) is 1. The van der Waals surface area contributed by atoms with Crippen molar-refractivity contribution in [1.29, 1.82) is 0 Å². The molecule has 1 N–H and O–H groups in total. The summed E-state index contributed by atoms with van der Waals surface area (Å²) in [5.41, 5.74) is 6.06. The fraction of sp³-hybridized carbons (Fsp3) is 0.419. The van der Waals surface area contributed by atoms with Gasteiger partial charge in [-0.15, -0.1) is 0 Å². The molecule has 1 saturated heterocycles. The molecule has 0 bridgehead atoms. The molecule has 0 amide bonds. The van der Waals surface area contributed by atoms with E-state index in [1.165, 1.54) is 0 Å². The predicted molar refractivity (Wildman–Crippen MR) is 150 cm³/mol. The average molecular weight is 532 g/mol. The third-order valence-corrected chi connectivity index (χ3v) is 7.52. The van der Waals surface area contributed by atoms with Gasteiger partial charge >= 0.3 is 5.97 Å². The molecule has 1 fully saturated rings. The molecule has 39 heavy (non-hydrogen) atoms. The van der Waals surface area contributed by atoms with E-state index in [2.05, 4.69) is 42.8 Å². The Morgan fingerprint density at radius 3 is 2.56 bits per heavy atom. The number of hydrogen-bond acceptors (Lipinski definition) is 7. The van der Waals surface area contributed by atoms with E-state index in [9.17, 15) is 4.79 Å². The third kappa shape index (κ3) is 6.69. The van der Waals surface area contributed by atoms with Crippen molar-refractivity contribution in [2.75, 3.05) is 53.0 Å². The Balaban J connectivity index is 1.20. The number of pyridine rings is 1. The van der Waals surface area contributed by atoms with Gasteiger partial charge in [-0.05, 0) is 61.9 Å². The normalized spacial score (nSPS) is 17.5. The second-order valence-electron chi connectivity index (χ2n) is 10.6. The number of nitrogens with zero attached hydrogens (tertiary/aromatic N) is 3. The second-order valence-corrected chi connectivity index (χ2v) is 10.6. The van der Waals surface area contributed by atoms with Crippen LogP contribution in [0.1, 0.15) is 34.6 Å². The lowest BCUT2D eigenvalue weighted by atomic mass is 9.97. The van der Waals surface area contributed by atoms with E-state index in [4.69, 9.17) is 24.3 Å². The maximum Gasteiger partial charge on any atom is 0.304 e. The van der Waals surface area contributed by atoms with Crippen LogP contribution in [-0.4, -0.2) is 78.8 Å². The number of likely N-dealkylation sites (N-methyl/N-ethyl adjacent to an activating group) is 1. The topological polar surface area (TPSA) is 84.4 Å². The highest BCUT2D eigenvalue weighted by Gasteiger charge is 2.26. The summed E-state index contributed by atoms with van der Waals surface area (Å²) in [5.74, 6) is 1.25. The summed E-state index contributed by atoms with van der Waals surface area (Å²) < 4.78 is 17.9. The van der Waals surface area contributed by atoms with E-state index in [1.54, 1.807) is 0 Å². The van der Waals surface area contributed by atoms with Crippen LogP contribution in [-0.2, 0) is 11.4 Å². The zero-order valence-electron chi connectivity index (χ0n) is 23.0. The maximum atomic E-state index is 11.1. The number of aryl methyl sites for hydroxylation is 2. The smallest absolute Gasteiger partial charge is 0.304 e. The third-order valence-electron chi connectivity index (χ3n) is 7.52. The number of carbonyl (C=O) groups is 1. The molecule has 1 unspecified atom stereocenters. The van der Waals surface area contributed by atoms with Crippen molar-refractivity contribution in [2.45, 2.75) is 32.8 Å². The van der Waals surface area contributed by atoms with Gasteiger partial charge in [0.1, 0.15) is 24.7 Å². The van der Waals surface area contributed by atoms with Crippen LogP contribution in [0.25, 0.3) is 11.3 Å². The molecule has 8 nitrogen and oxygen atoms in total. The molecule has 2 aliphatic heterocycles. The second kappa shape index (κ2) is 12.1. The van der Waals surface area contributed by atoms with Crippen molar-refractivity contribution in [3.63, 3.8) is 0 Å². The quantitative estimate of drug-likeness (QED) is 0.409. The molecule has 0 radical (unpaired) electrons. The molecule has 2 aromatic carbocycles. The van der Waals surface area contributed by atoms with Gasteiger partial charge in [0.2, 0.25) is 5.88 Å². The average Bonchev–Trinajstić information content (AvgIpc) is 3.30. The van der Waals surface area contributed by atoms with Crippen molar-refractivity contribution >= 4 is 5.97 Å². The summed E-state index contributed by atoms with van der Waals surface area (Å²) in [5, 5.41) is 9.11. The molecule has 8 heteroatoms. The molecule has 3 aromatic rings. The van der Waals surface area contributed by atoms with Crippen LogP contribution in [0, 0.1) is 13.8 Å². The number of hydrogen-bond donors (Lipinski definition) is 1. The summed E-state index contributed by atoms with van der Waals surface area (Å²) in [6.45, 7) is 10.9. The van der Waals surface area contributed by atoms with Crippen molar-refractivity contribution in [3.05, 3.63) is 70.8 Å². The number of benzene rings is 2. The summed E-state index contributed by atoms with van der Waals surface area (Å²) in [4.78, 5) is 20.7. The Bertz CT molecular complexity index is 1300. The lowest BCUT2D eigenvalue weighted by Gasteiger charge is -2.32. The number of piperazine rings is 1. The fourth-order valence-electron chi connectivity index (χ4n) is 5.36. The van der Waals surface area contributed by atoms with Crippen LogP contribution in [0.5, 0.6) is 17.4 Å². The molecule has 206 valence electrons. The SMILES string of the molecule is Cc1cc(OCCN2CCN(C)CC2)cc(C)c1-c1cccc(OCc2ccc3c(c2)OCC3CC(=O)O)n1. The zero-order valence-corrected chi connectivity index (χ0v) is 23.0. The Kier molecular flexibility index (Phi) is 8.33. The number of aromatic nitrogens is 1. The van der Waals surface area contributed by atoms with Crippen LogP contribution in [0.4, 0.5) is 0 Å². The number of rotatable bonds is 10. The molecule has 3 heterocycles. The van der Waals surface area contributed by atoms with Crippen molar-refractivity contribution < 1.29 is 24.1 Å². The molecule has 5 rings (SSSR count). The first-order chi connectivity index (χ1) is 18.9. The number of fused-ring (bicyclic) bond motifs is 1. The standard InChI is InChI=1S/C31H37N3O5/c1-21-15-25(37-14-13-34-11-9-33(3)10-12-34)16-22(2)31(21)27-5-4-6-29(32-27)39-19-23-7-8-26-24(18-30(35)36)20-38-28(26)17-23/h4-8,15-17,24H,9-14,18-20H2,1-3H3,(H,35,36). The summed E-state index contributed by atoms with van der Waals surface area (Å²) in [6, 6.07) is 15.8. The van der Waals surface area contributed by atoms with Gasteiger partial charge in [0.05, 0.1) is 18.7 Å². The largest absolute Gasteiger partial charge is 0.493 e. The van der Waals surface area contributed by atoms with Crippen LogP contribution in [0.2, 0.25) is 0 Å². The van der Waals surface area contributed by atoms with Crippen LogP contribution < -0.4 is 14.2 Å². The molecule has 1 aromatic heterocycles. The first kappa shape index (κ1) is 27.0. The van der Waals surface area contributed by atoms with E-state index in [0.29, 0.717) is 25.7 Å². The van der Waals surface area contributed by atoms with E-state index in [1.807, 2.05) is 36.4 Å². The molecule has 0 saturated carbocycles. The number of ether oxygens (including phenoxy) is 3. The Labute approximate surface area is 230 Å². The van der Waals surface area contributed by atoms with Crippen molar-refractivity contribution in [1.82, 2.24) is 14.8 Å². The maximum absolute atomic E-state index is 11.1. The monoisotopic (exact) mass is 531 g/mol. The molecular weight excluding hydrogens is 494 g/mol.